The summed E-state index contributed by atoms with van der Waals surface area (Å²) in [5, 5.41) is 10.6. The van der Waals surface area contributed by atoms with Gasteiger partial charge in [0.05, 0.1) is 18.8 Å². The summed E-state index contributed by atoms with van der Waals surface area (Å²) in [7, 11) is 0. The highest BCUT2D eigenvalue weighted by molar-refractivity contribution is 7.11. The Kier molecular flexibility index (Phi) is 5.28. The average Bonchev–Trinajstić information content (AvgIpc) is 2.93. The molecular weight excluding hydrogens is 312 g/mol. The highest BCUT2D eigenvalue weighted by Crippen LogP contribution is 2.29. The first-order valence-corrected chi connectivity index (χ1v) is 9.28. The van der Waals surface area contributed by atoms with E-state index in [9.17, 15) is 4.79 Å². The zero-order valence-corrected chi connectivity index (χ0v) is 15.0. The first-order valence-electron chi connectivity index (χ1n) is 8.47. The van der Waals surface area contributed by atoms with Crippen molar-refractivity contribution in [1.29, 1.82) is 0 Å². The fraction of sp³-hybridized carbons (Fsp3) is 0.812. The number of carbonyl (C=O) groups excluding carboxylic acids is 1. The lowest BCUT2D eigenvalue weighted by Crippen LogP contribution is -2.51. The van der Waals surface area contributed by atoms with Crippen LogP contribution >= 0.6 is 11.3 Å². The number of hydrogen-bond donors (Lipinski definition) is 0. The Balaban J connectivity index is 1.47. The van der Waals surface area contributed by atoms with E-state index in [4.69, 9.17) is 4.74 Å². The highest BCUT2D eigenvalue weighted by atomic mass is 32.1. The van der Waals surface area contributed by atoms with Crippen molar-refractivity contribution in [3.05, 3.63) is 10.0 Å². The molecule has 2 saturated heterocycles. The van der Waals surface area contributed by atoms with Crippen LogP contribution in [0.4, 0.5) is 0 Å². The van der Waals surface area contributed by atoms with Gasteiger partial charge in [-0.2, -0.15) is 0 Å². The maximum absolute atomic E-state index is 12.5. The second-order valence-corrected chi connectivity index (χ2v) is 7.98. The Morgan fingerprint density at radius 1 is 1.22 bits per heavy atom. The van der Waals surface area contributed by atoms with E-state index in [1.165, 1.54) is 0 Å². The van der Waals surface area contributed by atoms with Crippen LogP contribution in [0.3, 0.4) is 0 Å². The number of rotatable bonds is 3. The Morgan fingerprint density at radius 2 is 1.87 bits per heavy atom. The van der Waals surface area contributed by atoms with Crippen LogP contribution in [0.25, 0.3) is 0 Å². The lowest BCUT2D eigenvalue weighted by atomic mass is 9.97. The molecule has 7 heteroatoms. The number of hydrogen-bond acceptors (Lipinski definition) is 6. The minimum atomic E-state index is 0.133. The zero-order chi connectivity index (χ0) is 16.4. The van der Waals surface area contributed by atoms with Crippen LogP contribution in [0.1, 0.15) is 42.6 Å². The number of carbonyl (C=O) groups is 1. The molecule has 0 aromatic carbocycles. The Labute approximate surface area is 141 Å². The van der Waals surface area contributed by atoms with Crippen LogP contribution in [0.2, 0.25) is 0 Å². The van der Waals surface area contributed by atoms with Gasteiger partial charge in [-0.1, -0.05) is 0 Å². The van der Waals surface area contributed by atoms with E-state index in [0.29, 0.717) is 25.6 Å². The molecule has 2 aliphatic heterocycles. The van der Waals surface area contributed by atoms with Crippen molar-refractivity contribution in [1.82, 2.24) is 20.0 Å². The molecule has 1 amide bonds. The van der Waals surface area contributed by atoms with Crippen molar-refractivity contribution in [3.63, 3.8) is 0 Å². The van der Waals surface area contributed by atoms with Gasteiger partial charge in [-0.15, -0.1) is 21.5 Å². The molecule has 1 aromatic heterocycles. The second-order valence-electron chi connectivity index (χ2n) is 6.77. The monoisotopic (exact) mass is 338 g/mol. The maximum atomic E-state index is 12.5. The van der Waals surface area contributed by atoms with Crippen LogP contribution in [-0.2, 0) is 9.53 Å². The van der Waals surface area contributed by atoms with Gasteiger partial charge in [-0.3, -0.25) is 9.69 Å². The third-order valence-electron chi connectivity index (χ3n) is 4.61. The molecule has 0 spiro atoms. The van der Waals surface area contributed by atoms with Gasteiger partial charge >= 0.3 is 0 Å². The molecule has 1 aromatic rings. The summed E-state index contributed by atoms with van der Waals surface area (Å²) in [4.78, 5) is 16.8. The summed E-state index contributed by atoms with van der Waals surface area (Å²) >= 11 is 1.70. The van der Waals surface area contributed by atoms with Gasteiger partial charge < -0.3 is 9.64 Å². The smallest absolute Gasteiger partial charge is 0.236 e. The summed E-state index contributed by atoms with van der Waals surface area (Å²) in [6, 6.07) is 0. The quantitative estimate of drug-likeness (QED) is 0.839. The van der Waals surface area contributed by atoms with Crippen LogP contribution in [0.15, 0.2) is 0 Å². The molecule has 0 bridgehead atoms. The number of aromatic nitrogens is 2. The lowest BCUT2D eigenvalue weighted by molar-refractivity contribution is -0.144. The van der Waals surface area contributed by atoms with Gasteiger partial charge in [0.15, 0.2) is 0 Å². The Bertz CT molecular complexity index is 532. The Morgan fingerprint density at radius 3 is 2.43 bits per heavy atom. The first-order chi connectivity index (χ1) is 11.0. The topological polar surface area (TPSA) is 58.6 Å². The van der Waals surface area contributed by atoms with E-state index in [0.717, 1.165) is 35.9 Å². The molecule has 3 rings (SSSR count). The van der Waals surface area contributed by atoms with Crippen molar-refractivity contribution >= 4 is 17.2 Å². The highest BCUT2D eigenvalue weighted by Gasteiger charge is 2.29. The van der Waals surface area contributed by atoms with E-state index in [-0.39, 0.29) is 18.1 Å². The molecule has 2 atom stereocenters. The number of nitrogens with zero attached hydrogens (tertiary/aromatic N) is 4. The molecule has 2 unspecified atom stereocenters. The van der Waals surface area contributed by atoms with Crippen molar-refractivity contribution in [2.24, 2.45) is 0 Å². The van der Waals surface area contributed by atoms with Crippen LogP contribution in [0, 0.1) is 6.92 Å². The molecule has 6 nitrogen and oxygen atoms in total. The van der Waals surface area contributed by atoms with Crippen molar-refractivity contribution in [2.45, 2.75) is 51.7 Å². The largest absolute Gasteiger partial charge is 0.372 e. The number of piperidine rings is 1. The minimum absolute atomic E-state index is 0.133. The number of amides is 1. The summed E-state index contributed by atoms with van der Waals surface area (Å²) in [5.74, 6) is 0.744. The number of ether oxygens (including phenoxy) is 1. The fourth-order valence-electron chi connectivity index (χ4n) is 3.49. The summed E-state index contributed by atoms with van der Waals surface area (Å²) in [6.07, 6.45) is 2.40. The van der Waals surface area contributed by atoms with Gasteiger partial charge in [0.1, 0.15) is 10.0 Å². The normalized spacial score (nSPS) is 27.3. The molecule has 0 saturated carbocycles. The summed E-state index contributed by atoms with van der Waals surface area (Å²) < 4.78 is 5.70. The zero-order valence-electron chi connectivity index (χ0n) is 14.2. The maximum Gasteiger partial charge on any atom is 0.236 e. The van der Waals surface area contributed by atoms with Gasteiger partial charge in [0.2, 0.25) is 5.91 Å². The molecule has 0 aliphatic carbocycles. The Hall–Kier alpha value is -1.05. The SMILES string of the molecule is Cc1nnc(C2CCN(CC(=O)N3CC(C)OC(C)C3)CC2)s1. The summed E-state index contributed by atoms with van der Waals surface area (Å²) in [6.45, 7) is 9.94. The molecule has 3 heterocycles. The van der Waals surface area contributed by atoms with Gasteiger partial charge in [0.25, 0.3) is 0 Å². The lowest BCUT2D eigenvalue weighted by Gasteiger charge is -2.37. The number of morpholine rings is 1. The molecule has 0 radical (unpaired) electrons. The number of aryl methyl sites for hydroxylation is 1. The van der Waals surface area contributed by atoms with Crippen LogP contribution < -0.4 is 0 Å². The average molecular weight is 338 g/mol. The number of likely N-dealkylation sites (tertiary alicyclic amines) is 1. The fourth-order valence-corrected chi connectivity index (χ4v) is 4.36. The van der Waals surface area contributed by atoms with E-state index < -0.39 is 0 Å². The second kappa shape index (κ2) is 7.23. The summed E-state index contributed by atoms with van der Waals surface area (Å²) in [5.41, 5.74) is 0. The minimum Gasteiger partial charge on any atom is -0.372 e. The van der Waals surface area contributed by atoms with Crippen molar-refractivity contribution < 1.29 is 9.53 Å². The van der Waals surface area contributed by atoms with E-state index in [1.807, 2.05) is 25.7 Å². The van der Waals surface area contributed by atoms with E-state index in [2.05, 4.69) is 15.1 Å². The van der Waals surface area contributed by atoms with Crippen molar-refractivity contribution in [3.8, 4) is 0 Å². The van der Waals surface area contributed by atoms with E-state index in [1.54, 1.807) is 11.3 Å². The van der Waals surface area contributed by atoms with Gasteiger partial charge in [-0.25, -0.2) is 0 Å². The molecule has 2 aliphatic rings. The third-order valence-corrected chi connectivity index (χ3v) is 5.61. The molecule has 2 fully saturated rings. The van der Waals surface area contributed by atoms with E-state index >= 15 is 0 Å². The van der Waals surface area contributed by atoms with Crippen LogP contribution in [-0.4, -0.2) is 70.8 Å². The third kappa shape index (κ3) is 4.28. The molecule has 128 valence electrons. The first kappa shape index (κ1) is 16.8. The predicted molar refractivity (Wildman–Crippen MR) is 89.7 cm³/mol. The van der Waals surface area contributed by atoms with Crippen molar-refractivity contribution in [2.75, 3.05) is 32.7 Å². The standard InChI is InChI=1S/C16H26N4O2S/c1-11-8-20(9-12(2)22-11)15(21)10-19-6-4-14(5-7-19)16-18-17-13(3)23-16/h11-12,14H,4-10H2,1-3H3. The van der Waals surface area contributed by atoms with Gasteiger partial charge in [0, 0.05) is 19.0 Å². The van der Waals surface area contributed by atoms with Crippen LogP contribution in [0.5, 0.6) is 0 Å². The molecular formula is C16H26N4O2S. The molecule has 0 N–H and O–H groups in total. The predicted octanol–water partition coefficient (Wildman–Crippen LogP) is 1.66. The van der Waals surface area contributed by atoms with Gasteiger partial charge in [-0.05, 0) is 46.7 Å². The molecule has 23 heavy (non-hydrogen) atoms.